The number of thiazole rings is 1. The predicted octanol–water partition coefficient (Wildman–Crippen LogP) is 6.22. The fourth-order valence-corrected chi connectivity index (χ4v) is 3.89. The number of hydrogen-bond acceptors (Lipinski definition) is 6. The molecule has 2 heterocycles. The van der Waals surface area contributed by atoms with Gasteiger partial charge in [-0.1, -0.05) is 18.5 Å². The van der Waals surface area contributed by atoms with Crippen molar-refractivity contribution < 1.29 is 22.5 Å². The molecule has 0 aliphatic heterocycles. The summed E-state index contributed by atoms with van der Waals surface area (Å²) in [6, 6.07) is 7.10. The highest BCUT2D eigenvalue weighted by Gasteiger charge is 2.34. The van der Waals surface area contributed by atoms with E-state index in [0.29, 0.717) is 28.5 Å². The lowest BCUT2D eigenvalue weighted by Gasteiger charge is -2.13. The van der Waals surface area contributed by atoms with Gasteiger partial charge in [0.05, 0.1) is 22.5 Å². The number of aromatic nitrogens is 1. The molecule has 1 atom stereocenters. The van der Waals surface area contributed by atoms with Crippen LogP contribution in [0, 0.1) is 10.1 Å². The van der Waals surface area contributed by atoms with E-state index < -0.39 is 16.8 Å². The first-order valence-electron chi connectivity index (χ1n) is 8.48. The minimum Gasteiger partial charge on any atom is -0.460 e. The third kappa shape index (κ3) is 4.95. The molecule has 1 aromatic carbocycles. The molecule has 2 aromatic heterocycles. The zero-order chi connectivity index (χ0) is 21.2. The Morgan fingerprint density at radius 1 is 1.34 bits per heavy atom. The highest BCUT2D eigenvalue weighted by atomic mass is 35.5. The van der Waals surface area contributed by atoms with Gasteiger partial charge in [-0.25, -0.2) is 4.98 Å². The van der Waals surface area contributed by atoms with Gasteiger partial charge < -0.3 is 9.73 Å². The number of non-ortho nitro benzene ring substituents is 1. The summed E-state index contributed by atoms with van der Waals surface area (Å²) in [4.78, 5) is 13.9. The molecule has 0 amide bonds. The Morgan fingerprint density at radius 3 is 2.69 bits per heavy atom. The molecule has 6 nitrogen and oxygen atoms in total. The first kappa shape index (κ1) is 21.3. The van der Waals surface area contributed by atoms with Gasteiger partial charge in [-0.05, 0) is 24.6 Å². The van der Waals surface area contributed by atoms with Gasteiger partial charge >= 0.3 is 6.18 Å². The van der Waals surface area contributed by atoms with Crippen LogP contribution < -0.4 is 5.32 Å². The van der Waals surface area contributed by atoms with E-state index >= 15 is 0 Å². The van der Waals surface area contributed by atoms with Gasteiger partial charge in [0.1, 0.15) is 16.5 Å². The van der Waals surface area contributed by atoms with Crippen LogP contribution in [-0.2, 0) is 12.7 Å². The maximum Gasteiger partial charge on any atom is 0.434 e. The number of nitro groups is 1. The van der Waals surface area contributed by atoms with Gasteiger partial charge in [0, 0.05) is 23.1 Å². The molecule has 0 spiro atoms. The van der Waals surface area contributed by atoms with Gasteiger partial charge in [0.25, 0.3) is 5.69 Å². The molecule has 0 bridgehead atoms. The second-order valence-electron chi connectivity index (χ2n) is 6.10. The third-order valence-electron chi connectivity index (χ3n) is 4.13. The Labute approximate surface area is 172 Å². The summed E-state index contributed by atoms with van der Waals surface area (Å²) in [5.74, 6) is 0.976. The molecule has 0 saturated heterocycles. The third-order valence-corrected chi connectivity index (χ3v) is 5.40. The van der Waals surface area contributed by atoms with E-state index in [4.69, 9.17) is 16.0 Å². The Balaban J connectivity index is 1.70. The standard InChI is InChI=1S/C18H15ClF3N3O3S/c1-2-14(17-24-16(9-29-17)18(20,21)22)23-8-11-4-6-15(28-11)12-5-3-10(25(26)27)7-13(12)19/h3-7,9,14,23H,2,8H2,1H3/t14-/m0/s1. The van der Waals surface area contributed by atoms with Crippen molar-refractivity contribution in [2.24, 2.45) is 0 Å². The lowest BCUT2D eigenvalue weighted by atomic mass is 10.1. The van der Waals surface area contributed by atoms with Crippen LogP contribution >= 0.6 is 22.9 Å². The van der Waals surface area contributed by atoms with Crippen LogP contribution in [-0.4, -0.2) is 9.91 Å². The van der Waals surface area contributed by atoms with Crippen LogP contribution in [0.4, 0.5) is 18.9 Å². The van der Waals surface area contributed by atoms with Gasteiger partial charge in [-0.3, -0.25) is 10.1 Å². The Hall–Kier alpha value is -2.43. The zero-order valence-corrected chi connectivity index (χ0v) is 16.6. The van der Waals surface area contributed by atoms with E-state index in [1.54, 1.807) is 12.1 Å². The minimum absolute atomic E-state index is 0.125. The van der Waals surface area contributed by atoms with Crippen LogP contribution in [0.5, 0.6) is 0 Å². The van der Waals surface area contributed by atoms with Gasteiger partial charge in [0.15, 0.2) is 5.69 Å². The van der Waals surface area contributed by atoms with Crippen molar-refractivity contribution in [1.29, 1.82) is 0 Å². The Kier molecular flexibility index (Phi) is 6.25. The number of benzene rings is 1. The van der Waals surface area contributed by atoms with Gasteiger partial charge in [0.2, 0.25) is 0 Å². The number of nitrogens with one attached hydrogen (secondary N) is 1. The largest absolute Gasteiger partial charge is 0.460 e. The molecular weight excluding hydrogens is 431 g/mol. The number of nitro benzene ring substituents is 1. The van der Waals surface area contributed by atoms with Crippen LogP contribution in [0.25, 0.3) is 11.3 Å². The number of furan rings is 1. The average Bonchev–Trinajstić information content (AvgIpc) is 3.32. The first-order valence-corrected chi connectivity index (χ1v) is 9.73. The van der Waals surface area contributed by atoms with Crippen molar-refractivity contribution in [3.05, 3.63) is 67.3 Å². The van der Waals surface area contributed by atoms with Crippen LogP contribution in [0.1, 0.15) is 35.8 Å². The van der Waals surface area contributed by atoms with E-state index in [9.17, 15) is 23.3 Å². The maximum atomic E-state index is 12.7. The fourth-order valence-electron chi connectivity index (χ4n) is 2.64. The summed E-state index contributed by atoms with van der Waals surface area (Å²) in [7, 11) is 0. The van der Waals surface area contributed by atoms with Crippen molar-refractivity contribution in [2.75, 3.05) is 0 Å². The van der Waals surface area contributed by atoms with E-state index in [-0.39, 0.29) is 23.3 Å². The van der Waals surface area contributed by atoms with E-state index in [2.05, 4.69) is 10.3 Å². The molecular formula is C18H15ClF3N3O3S. The highest BCUT2D eigenvalue weighted by Crippen LogP contribution is 2.34. The number of hydrogen-bond donors (Lipinski definition) is 1. The molecule has 29 heavy (non-hydrogen) atoms. The molecule has 11 heteroatoms. The summed E-state index contributed by atoms with van der Waals surface area (Å²) >= 11 is 7.06. The predicted molar refractivity (Wildman–Crippen MR) is 103 cm³/mol. The molecule has 0 saturated carbocycles. The van der Waals surface area contributed by atoms with E-state index in [1.807, 2.05) is 6.92 Å². The van der Waals surface area contributed by atoms with Gasteiger partial charge in [-0.15, -0.1) is 11.3 Å². The second-order valence-corrected chi connectivity index (χ2v) is 7.39. The molecule has 0 radical (unpaired) electrons. The fraction of sp³-hybridized carbons (Fsp3) is 0.278. The average molecular weight is 446 g/mol. The summed E-state index contributed by atoms with van der Waals surface area (Å²) in [5, 5.41) is 15.5. The SMILES string of the molecule is CC[C@H](NCc1ccc(-c2ccc([N+](=O)[O-])cc2Cl)o1)c1nc(C(F)(F)F)cs1. The molecule has 3 aromatic rings. The number of rotatable bonds is 7. The lowest BCUT2D eigenvalue weighted by molar-refractivity contribution is -0.384. The smallest absolute Gasteiger partial charge is 0.434 e. The number of alkyl halides is 3. The van der Waals surface area contributed by atoms with Crippen LogP contribution in [0.15, 0.2) is 40.1 Å². The van der Waals surface area contributed by atoms with Crippen LogP contribution in [0.2, 0.25) is 5.02 Å². The van der Waals surface area contributed by atoms with Crippen LogP contribution in [0.3, 0.4) is 0 Å². The zero-order valence-electron chi connectivity index (χ0n) is 15.0. The summed E-state index contributed by atoms with van der Waals surface area (Å²) in [6.07, 6.45) is -3.92. The normalized spacial score (nSPS) is 12.9. The Morgan fingerprint density at radius 2 is 2.10 bits per heavy atom. The van der Waals surface area contributed by atoms with E-state index in [1.165, 1.54) is 18.2 Å². The molecule has 0 unspecified atom stereocenters. The van der Waals surface area contributed by atoms with E-state index in [0.717, 1.165) is 16.7 Å². The monoisotopic (exact) mass is 445 g/mol. The summed E-state index contributed by atoms with van der Waals surface area (Å²) in [5.41, 5.74) is -0.518. The van der Waals surface area contributed by atoms with Crippen molar-refractivity contribution in [3.8, 4) is 11.3 Å². The molecule has 0 aliphatic carbocycles. The van der Waals surface area contributed by atoms with Crippen molar-refractivity contribution >= 4 is 28.6 Å². The first-order chi connectivity index (χ1) is 13.7. The second kappa shape index (κ2) is 8.52. The topological polar surface area (TPSA) is 81.2 Å². The van der Waals surface area contributed by atoms with Crippen molar-refractivity contribution in [1.82, 2.24) is 10.3 Å². The molecule has 154 valence electrons. The maximum absolute atomic E-state index is 12.7. The molecule has 3 rings (SSSR count). The van der Waals surface area contributed by atoms with Crippen molar-refractivity contribution in [3.63, 3.8) is 0 Å². The summed E-state index contributed by atoms with van der Waals surface area (Å²) < 4.78 is 44.0. The number of nitrogens with zero attached hydrogens (tertiary/aromatic N) is 2. The quantitative estimate of drug-likeness (QED) is 0.344. The highest BCUT2D eigenvalue weighted by molar-refractivity contribution is 7.09. The minimum atomic E-state index is -4.47. The summed E-state index contributed by atoms with van der Waals surface area (Å²) in [6.45, 7) is 2.11. The molecule has 1 N–H and O–H groups in total. The van der Waals surface area contributed by atoms with Crippen molar-refractivity contribution in [2.45, 2.75) is 32.1 Å². The molecule has 0 aliphatic rings. The molecule has 0 fully saturated rings. The lowest BCUT2D eigenvalue weighted by Crippen LogP contribution is -2.20. The van der Waals surface area contributed by atoms with Gasteiger partial charge in [-0.2, -0.15) is 13.2 Å². The Bertz CT molecular complexity index is 1020. The number of halogens is 4.